The van der Waals surface area contributed by atoms with E-state index in [4.69, 9.17) is 4.74 Å². The lowest BCUT2D eigenvalue weighted by Crippen LogP contribution is -2.42. The molecule has 0 aliphatic carbocycles. The Bertz CT molecular complexity index is 654. The smallest absolute Gasteiger partial charge is 0.217 e. The Morgan fingerprint density at radius 2 is 2.05 bits per heavy atom. The predicted molar refractivity (Wildman–Crippen MR) is 85.6 cm³/mol. The highest BCUT2D eigenvalue weighted by atomic mass is 32.2. The minimum Gasteiger partial charge on any atom is -0.384 e. The quantitative estimate of drug-likeness (QED) is 0.750. The molecule has 0 amide bonds. The molecule has 0 N–H and O–H groups in total. The Labute approximate surface area is 132 Å². The van der Waals surface area contributed by atoms with E-state index in [0.29, 0.717) is 24.9 Å². The lowest BCUT2D eigenvalue weighted by Gasteiger charge is -2.23. The molecule has 1 aliphatic heterocycles. The van der Waals surface area contributed by atoms with Crippen LogP contribution in [0.1, 0.15) is 34.3 Å². The number of Topliss-reactive ketones (excluding diaryl/α,β-unsaturated/α-hetero) is 1. The largest absolute Gasteiger partial charge is 0.384 e. The molecule has 1 aromatic rings. The van der Waals surface area contributed by atoms with Crippen LogP contribution >= 0.6 is 0 Å². The first kappa shape index (κ1) is 17.1. The highest BCUT2D eigenvalue weighted by Crippen LogP contribution is 2.25. The molecule has 1 fully saturated rings. The molecule has 0 radical (unpaired) electrons. The van der Waals surface area contributed by atoms with Crippen molar-refractivity contribution < 1.29 is 17.9 Å². The number of nitrogens with zero attached hydrogens (tertiary/aromatic N) is 1. The molecule has 1 saturated heterocycles. The first-order valence-electron chi connectivity index (χ1n) is 7.47. The zero-order valence-corrected chi connectivity index (χ0v) is 14.1. The third-order valence-corrected chi connectivity index (χ3v) is 6.03. The second-order valence-electron chi connectivity index (χ2n) is 5.74. The SMILES string of the molecule is COCCS(=O)(=O)N1CCCC1C(=O)c1ccc(C)c(C)c1. The van der Waals surface area contributed by atoms with Gasteiger partial charge < -0.3 is 4.74 Å². The number of aryl methyl sites for hydroxylation is 2. The highest BCUT2D eigenvalue weighted by molar-refractivity contribution is 7.89. The van der Waals surface area contributed by atoms with Crippen molar-refractivity contribution in [2.24, 2.45) is 0 Å². The normalized spacial score (nSPS) is 19.5. The predicted octanol–water partition coefficient (Wildman–Crippen LogP) is 1.93. The van der Waals surface area contributed by atoms with E-state index in [1.165, 1.54) is 11.4 Å². The number of benzene rings is 1. The van der Waals surface area contributed by atoms with Gasteiger partial charge in [0.05, 0.1) is 18.4 Å². The van der Waals surface area contributed by atoms with Gasteiger partial charge in [-0.25, -0.2) is 8.42 Å². The van der Waals surface area contributed by atoms with Crippen molar-refractivity contribution in [2.75, 3.05) is 26.0 Å². The summed E-state index contributed by atoms with van der Waals surface area (Å²) in [6.07, 6.45) is 1.30. The Kier molecular flexibility index (Phi) is 5.36. The summed E-state index contributed by atoms with van der Waals surface area (Å²) in [5.74, 6) is -0.193. The van der Waals surface area contributed by atoms with E-state index in [-0.39, 0.29) is 18.1 Å². The van der Waals surface area contributed by atoms with Gasteiger partial charge in [0.15, 0.2) is 5.78 Å². The number of ketones is 1. The van der Waals surface area contributed by atoms with Crippen molar-refractivity contribution in [1.82, 2.24) is 4.31 Å². The summed E-state index contributed by atoms with van der Waals surface area (Å²) in [6, 6.07) is 4.95. The Hall–Kier alpha value is -1.24. The van der Waals surface area contributed by atoms with Crippen LogP contribution in [-0.2, 0) is 14.8 Å². The maximum absolute atomic E-state index is 12.7. The summed E-state index contributed by atoms with van der Waals surface area (Å²) in [6.45, 7) is 4.49. The second-order valence-corrected chi connectivity index (χ2v) is 7.78. The summed E-state index contributed by atoms with van der Waals surface area (Å²) in [5.41, 5.74) is 2.74. The first-order chi connectivity index (χ1) is 10.4. The zero-order chi connectivity index (χ0) is 16.3. The van der Waals surface area contributed by atoms with Crippen molar-refractivity contribution in [3.63, 3.8) is 0 Å². The molecule has 1 heterocycles. The minimum absolute atomic E-state index is 0.0831. The van der Waals surface area contributed by atoms with Crippen LogP contribution in [0.3, 0.4) is 0 Å². The molecule has 1 aliphatic rings. The topological polar surface area (TPSA) is 63.7 Å². The van der Waals surface area contributed by atoms with Crippen molar-refractivity contribution in [3.8, 4) is 0 Å². The van der Waals surface area contributed by atoms with E-state index in [0.717, 1.165) is 11.1 Å². The molecule has 1 atom stereocenters. The third kappa shape index (κ3) is 3.56. The van der Waals surface area contributed by atoms with Crippen LogP contribution in [0.15, 0.2) is 18.2 Å². The molecule has 6 heteroatoms. The maximum atomic E-state index is 12.7. The maximum Gasteiger partial charge on any atom is 0.217 e. The average molecular weight is 325 g/mol. The van der Waals surface area contributed by atoms with Crippen molar-refractivity contribution in [1.29, 1.82) is 0 Å². The molecule has 0 spiro atoms. The van der Waals surface area contributed by atoms with Gasteiger partial charge in [-0.15, -0.1) is 0 Å². The fourth-order valence-corrected chi connectivity index (χ4v) is 4.34. The average Bonchev–Trinajstić information content (AvgIpc) is 2.97. The van der Waals surface area contributed by atoms with Gasteiger partial charge >= 0.3 is 0 Å². The molecule has 22 heavy (non-hydrogen) atoms. The number of rotatable bonds is 6. The molecule has 0 aromatic heterocycles. The molecule has 0 saturated carbocycles. The number of carbonyl (C=O) groups excluding carboxylic acids is 1. The van der Waals surface area contributed by atoms with E-state index >= 15 is 0 Å². The number of methoxy groups -OCH3 is 1. The molecule has 0 bridgehead atoms. The Morgan fingerprint density at radius 1 is 1.32 bits per heavy atom. The third-order valence-electron chi connectivity index (χ3n) is 4.20. The second kappa shape index (κ2) is 6.89. The van der Waals surface area contributed by atoms with Crippen LogP contribution in [-0.4, -0.2) is 50.6 Å². The van der Waals surface area contributed by atoms with Gasteiger partial charge in [-0.2, -0.15) is 4.31 Å². The molecular formula is C16H23NO4S. The molecule has 1 aromatic carbocycles. The summed E-state index contributed by atoms with van der Waals surface area (Å²) in [5, 5.41) is 0. The summed E-state index contributed by atoms with van der Waals surface area (Å²) < 4.78 is 30.9. The Morgan fingerprint density at radius 3 is 2.68 bits per heavy atom. The van der Waals surface area contributed by atoms with Crippen molar-refractivity contribution >= 4 is 15.8 Å². The van der Waals surface area contributed by atoms with Crippen LogP contribution in [0.25, 0.3) is 0 Å². The van der Waals surface area contributed by atoms with Crippen LogP contribution < -0.4 is 0 Å². The summed E-state index contributed by atoms with van der Waals surface area (Å²) >= 11 is 0. The zero-order valence-electron chi connectivity index (χ0n) is 13.3. The Balaban J connectivity index is 2.22. The van der Waals surface area contributed by atoms with Gasteiger partial charge in [0.1, 0.15) is 0 Å². The highest BCUT2D eigenvalue weighted by Gasteiger charge is 2.38. The van der Waals surface area contributed by atoms with E-state index in [1.807, 2.05) is 26.0 Å². The lowest BCUT2D eigenvalue weighted by atomic mass is 9.99. The summed E-state index contributed by atoms with van der Waals surface area (Å²) in [4.78, 5) is 12.7. The summed E-state index contributed by atoms with van der Waals surface area (Å²) in [7, 11) is -1.99. The van der Waals surface area contributed by atoms with Crippen LogP contribution in [0, 0.1) is 13.8 Å². The molecule has 122 valence electrons. The fraction of sp³-hybridized carbons (Fsp3) is 0.562. The van der Waals surface area contributed by atoms with Crippen molar-refractivity contribution in [2.45, 2.75) is 32.7 Å². The van der Waals surface area contributed by atoms with E-state index in [2.05, 4.69) is 0 Å². The van der Waals surface area contributed by atoms with E-state index in [9.17, 15) is 13.2 Å². The van der Waals surface area contributed by atoms with Gasteiger partial charge in [0, 0.05) is 19.2 Å². The van der Waals surface area contributed by atoms with Gasteiger partial charge in [0.2, 0.25) is 10.0 Å². The number of hydrogen-bond donors (Lipinski definition) is 0. The fourth-order valence-electron chi connectivity index (χ4n) is 2.73. The van der Waals surface area contributed by atoms with Crippen molar-refractivity contribution in [3.05, 3.63) is 34.9 Å². The standard InChI is InChI=1S/C16H23NO4S/c1-12-6-7-14(11-13(12)2)16(18)15-5-4-8-17(15)22(19,20)10-9-21-3/h6-7,11,15H,4-5,8-10H2,1-3H3. The molecule has 2 rings (SSSR count). The van der Waals surface area contributed by atoms with Crippen LogP contribution in [0.2, 0.25) is 0 Å². The van der Waals surface area contributed by atoms with Gasteiger partial charge in [-0.05, 0) is 43.9 Å². The van der Waals surface area contributed by atoms with Gasteiger partial charge in [0.25, 0.3) is 0 Å². The van der Waals surface area contributed by atoms with Gasteiger partial charge in [-0.1, -0.05) is 12.1 Å². The molecule has 1 unspecified atom stereocenters. The van der Waals surface area contributed by atoms with Crippen LogP contribution in [0.5, 0.6) is 0 Å². The number of hydrogen-bond acceptors (Lipinski definition) is 4. The number of sulfonamides is 1. The van der Waals surface area contributed by atoms with Crippen LogP contribution in [0.4, 0.5) is 0 Å². The van der Waals surface area contributed by atoms with E-state index < -0.39 is 16.1 Å². The molecule has 5 nitrogen and oxygen atoms in total. The number of ether oxygens (including phenoxy) is 1. The van der Waals surface area contributed by atoms with Gasteiger partial charge in [-0.3, -0.25) is 4.79 Å². The monoisotopic (exact) mass is 325 g/mol. The minimum atomic E-state index is -3.46. The van der Waals surface area contributed by atoms with E-state index in [1.54, 1.807) is 6.07 Å². The molecular weight excluding hydrogens is 302 g/mol. The first-order valence-corrected chi connectivity index (χ1v) is 9.07. The lowest BCUT2D eigenvalue weighted by molar-refractivity contribution is 0.0917. The number of carbonyl (C=O) groups is 1.